The number of carboxylic acids is 1. The van der Waals surface area contributed by atoms with Crippen LogP contribution in [0.15, 0.2) is 42.5 Å². The maximum atomic E-state index is 11.1. The lowest BCUT2D eigenvalue weighted by molar-refractivity contribution is 0.0696. The molecular weight excluding hydrogens is 226 g/mol. The molecule has 3 nitrogen and oxygen atoms in total. The number of aromatic carboxylic acids is 1. The van der Waals surface area contributed by atoms with Crippen LogP contribution in [-0.2, 0) is 0 Å². The zero-order valence-electron chi connectivity index (χ0n) is 10.4. The number of hydrogen-bond acceptors (Lipinski definition) is 2. The number of benzene rings is 2. The molecule has 0 atom stereocenters. The van der Waals surface area contributed by atoms with Gasteiger partial charge in [0, 0.05) is 11.4 Å². The molecule has 0 radical (unpaired) electrons. The highest BCUT2D eigenvalue weighted by Crippen LogP contribution is 2.20. The Kier molecular flexibility index (Phi) is 3.33. The van der Waals surface area contributed by atoms with Crippen LogP contribution in [0.3, 0.4) is 0 Å². The Morgan fingerprint density at radius 3 is 2.44 bits per heavy atom. The van der Waals surface area contributed by atoms with Crippen LogP contribution in [0.5, 0.6) is 0 Å². The molecule has 0 aromatic heterocycles. The standard InChI is InChI=1S/C15H15NO2/c1-10-4-3-5-12(8-10)16-13-7-6-11(2)14(9-13)15(17)18/h3-9,16H,1-2H3,(H,17,18). The van der Waals surface area contributed by atoms with Gasteiger partial charge < -0.3 is 10.4 Å². The molecule has 2 N–H and O–H groups in total. The summed E-state index contributed by atoms with van der Waals surface area (Å²) in [5.41, 5.74) is 3.98. The van der Waals surface area contributed by atoms with E-state index >= 15 is 0 Å². The molecular formula is C15H15NO2. The van der Waals surface area contributed by atoms with E-state index < -0.39 is 5.97 Å². The van der Waals surface area contributed by atoms with Gasteiger partial charge in [0.1, 0.15) is 0 Å². The van der Waals surface area contributed by atoms with Gasteiger partial charge in [0.2, 0.25) is 0 Å². The Bertz CT molecular complexity index is 591. The molecule has 0 heterocycles. The zero-order chi connectivity index (χ0) is 13.1. The largest absolute Gasteiger partial charge is 0.478 e. The number of hydrogen-bond donors (Lipinski definition) is 2. The number of nitrogens with one attached hydrogen (secondary N) is 1. The molecule has 0 bridgehead atoms. The van der Waals surface area contributed by atoms with E-state index in [4.69, 9.17) is 5.11 Å². The number of carboxylic acid groups (broad SMARTS) is 1. The summed E-state index contributed by atoms with van der Waals surface area (Å²) in [4.78, 5) is 11.1. The monoisotopic (exact) mass is 241 g/mol. The van der Waals surface area contributed by atoms with Crippen LogP contribution in [0.1, 0.15) is 21.5 Å². The van der Waals surface area contributed by atoms with E-state index in [0.29, 0.717) is 5.56 Å². The first-order valence-corrected chi connectivity index (χ1v) is 5.74. The van der Waals surface area contributed by atoms with Crippen molar-refractivity contribution in [3.63, 3.8) is 0 Å². The summed E-state index contributed by atoms with van der Waals surface area (Å²) in [6.07, 6.45) is 0. The fraction of sp³-hybridized carbons (Fsp3) is 0.133. The first-order valence-electron chi connectivity index (χ1n) is 5.74. The summed E-state index contributed by atoms with van der Waals surface area (Å²) in [5, 5.41) is 12.3. The molecule has 0 amide bonds. The van der Waals surface area contributed by atoms with E-state index in [9.17, 15) is 4.79 Å². The SMILES string of the molecule is Cc1cccc(Nc2ccc(C)c(C(=O)O)c2)c1. The molecule has 0 spiro atoms. The summed E-state index contributed by atoms with van der Waals surface area (Å²) >= 11 is 0. The molecule has 0 saturated carbocycles. The van der Waals surface area contributed by atoms with Gasteiger partial charge in [-0.1, -0.05) is 18.2 Å². The zero-order valence-corrected chi connectivity index (χ0v) is 10.4. The number of aryl methyl sites for hydroxylation is 2. The van der Waals surface area contributed by atoms with E-state index in [1.54, 1.807) is 13.0 Å². The lowest BCUT2D eigenvalue weighted by atomic mass is 10.1. The predicted octanol–water partition coefficient (Wildman–Crippen LogP) is 3.75. The van der Waals surface area contributed by atoms with E-state index in [1.807, 2.05) is 43.3 Å². The Morgan fingerprint density at radius 1 is 1.06 bits per heavy atom. The summed E-state index contributed by atoms with van der Waals surface area (Å²) < 4.78 is 0. The fourth-order valence-electron chi connectivity index (χ4n) is 1.82. The summed E-state index contributed by atoms with van der Waals surface area (Å²) in [6.45, 7) is 3.81. The Balaban J connectivity index is 2.30. The van der Waals surface area contributed by atoms with Gasteiger partial charge in [-0.05, 0) is 49.2 Å². The van der Waals surface area contributed by atoms with Crippen molar-refractivity contribution in [1.29, 1.82) is 0 Å². The minimum atomic E-state index is -0.902. The predicted molar refractivity (Wildman–Crippen MR) is 72.6 cm³/mol. The Hall–Kier alpha value is -2.29. The van der Waals surface area contributed by atoms with Crippen molar-refractivity contribution in [2.75, 3.05) is 5.32 Å². The minimum Gasteiger partial charge on any atom is -0.478 e. The normalized spacial score (nSPS) is 10.1. The van der Waals surface area contributed by atoms with E-state index in [1.165, 1.54) is 0 Å². The molecule has 18 heavy (non-hydrogen) atoms. The van der Waals surface area contributed by atoms with Gasteiger partial charge in [-0.15, -0.1) is 0 Å². The smallest absolute Gasteiger partial charge is 0.336 e. The molecule has 0 aliphatic rings. The van der Waals surface area contributed by atoms with Gasteiger partial charge in [-0.3, -0.25) is 0 Å². The van der Waals surface area contributed by atoms with Gasteiger partial charge >= 0.3 is 5.97 Å². The first-order chi connectivity index (χ1) is 8.56. The van der Waals surface area contributed by atoms with Crippen LogP contribution in [-0.4, -0.2) is 11.1 Å². The van der Waals surface area contributed by atoms with E-state index in [2.05, 4.69) is 5.32 Å². The highest BCUT2D eigenvalue weighted by molar-refractivity contribution is 5.90. The van der Waals surface area contributed by atoms with Crippen LogP contribution >= 0.6 is 0 Å². The summed E-state index contributed by atoms with van der Waals surface area (Å²) in [5.74, 6) is -0.902. The van der Waals surface area contributed by atoms with Crippen molar-refractivity contribution in [2.24, 2.45) is 0 Å². The fourth-order valence-corrected chi connectivity index (χ4v) is 1.82. The van der Waals surface area contributed by atoms with Crippen LogP contribution in [0, 0.1) is 13.8 Å². The van der Waals surface area contributed by atoms with Gasteiger partial charge in [-0.2, -0.15) is 0 Å². The van der Waals surface area contributed by atoms with Gasteiger partial charge in [-0.25, -0.2) is 4.79 Å². The van der Waals surface area contributed by atoms with Crippen molar-refractivity contribution in [3.8, 4) is 0 Å². The lowest BCUT2D eigenvalue weighted by Crippen LogP contribution is -2.01. The third-order valence-electron chi connectivity index (χ3n) is 2.77. The molecule has 3 heteroatoms. The molecule has 2 aromatic carbocycles. The molecule has 0 aliphatic carbocycles. The average molecular weight is 241 g/mol. The molecule has 0 unspecified atom stereocenters. The third-order valence-corrected chi connectivity index (χ3v) is 2.77. The van der Waals surface area contributed by atoms with Crippen molar-refractivity contribution in [2.45, 2.75) is 13.8 Å². The second-order valence-corrected chi connectivity index (χ2v) is 4.33. The summed E-state index contributed by atoms with van der Waals surface area (Å²) in [6, 6.07) is 13.3. The molecule has 0 aliphatic heterocycles. The Morgan fingerprint density at radius 2 is 1.78 bits per heavy atom. The van der Waals surface area contributed by atoms with Crippen LogP contribution in [0.4, 0.5) is 11.4 Å². The van der Waals surface area contributed by atoms with Crippen molar-refractivity contribution < 1.29 is 9.90 Å². The third kappa shape index (κ3) is 2.69. The number of carbonyl (C=O) groups is 1. The van der Waals surface area contributed by atoms with Crippen molar-refractivity contribution in [3.05, 3.63) is 59.2 Å². The average Bonchev–Trinajstić information content (AvgIpc) is 2.31. The topological polar surface area (TPSA) is 49.3 Å². The quantitative estimate of drug-likeness (QED) is 0.860. The van der Waals surface area contributed by atoms with E-state index in [-0.39, 0.29) is 0 Å². The van der Waals surface area contributed by atoms with Crippen molar-refractivity contribution in [1.82, 2.24) is 0 Å². The molecule has 2 rings (SSSR count). The minimum absolute atomic E-state index is 0.327. The van der Waals surface area contributed by atoms with Crippen molar-refractivity contribution >= 4 is 17.3 Å². The molecule has 0 fully saturated rings. The van der Waals surface area contributed by atoms with E-state index in [0.717, 1.165) is 22.5 Å². The van der Waals surface area contributed by atoms with Gasteiger partial charge in [0.25, 0.3) is 0 Å². The van der Waals surface area contributed by atoms with Crippen LogP contribution in [0.2, 0.25) is 0 Å². The summed E-state index contributed by atoms with van der Waals surface area (Å²) in [7, 11) is 0. The maximum Gasteiger partial charge on any atom is 0.336 e. The lowest BCUT2D eigenvalue weighted by Gasteiger charge is -2.09. The molecule has 2 aromatic rings. The maximum absolute atomic E-state index is 11.1. The molecule has 92 valence electrons. The van der Waals surface area contributed by atoms with Gasteiger partial charge in [0.15, 0.2) is 0 Å². The number of rotatable bonds is 3. The first kappa shape index (κ1) is 12.2. The Labute approximate surface area is 106 Å². The molecule has 0 saturated heterocycles. The second-order valence-electron chi connectivity index (χ2n) is 4.33. The highest BCUT2D eigenvalue weighted by Gasteiger charge is 2.07. The highest BCUT2D eigenvalue weighted by atomic mass is 16.4. The van der Waals surface area contributed by atoms with Crippen LogP contribution in [0.25, 0.3) is 0 Å². The van der Waals surface area contributed by atoms with Gasteiger partial charge in [0.05, 0.1) is 5.56 Å². The second kappa shape index (κ2) is 4.92. The van der Waals surface area contributed by atoms with Crippen LogP contribution < -0.4 is 5.32 Å². The number of anilines is 2.